The number of alkyl carbamates (subject to hydrolysis) is 1. The van der Waals surface area contributed by atoms with E-state index in [1.807, 2.05) is 6.92 Å². The van der Waals surface area contributed by atoms with Crippen LogP contribution in [0.2, 0.25) is 0 Å². The molecule has 0 radical (unpaired) electrons. The smallest absolute Gasteiger partial charge is 0.408 e. The number of carboxylic acid groups (broad SMARTS) is 1. The second-order valence-electron chi connectivity index (χ2n) is 13.4. The van der Waals surface area contributed by atoms with Crippen LogP contribution in [0.15, 0.2) is 18.2 Å². The van der Waals surface area contributed by atoms with E-state index in [-0.39, 0.29) is 36.0 Å². The molecule has 2 amide bonds. The van der Waals surface area contributed by atoms with Crippen molar-refractivity contribution in [1.29, 1.82) is 0 Å². The molecule has 2 aromatic rings. The minimum atomic E-state index is -3.40. The number of carboxylic acids is 1. The topological polar surface area (TPSA) is 140 Å². The Morgan fingerprint density at radius 1 is 1.16 bits per heavy atom. The van der Waals surface area contributed by atoms with Gasteiger partial charge in [0, 0.05) is 18.4 Å². The van der Waals surface area contributed by atoms with Gasteiger partial charge in [-0.25, -0.2) is 19.6 Å². The van der Waals surface area contributed by atoms with Crippen molar-refractivity contribution in [3.8, 4) is 11.6 Å². The summed E-state index contributed by atoms with van der Waals surface area (Å²) in [5.41, 5.74) is -0.923. The second kappa shape index (κ2) is 12.6. The third-order valence-electron chi connectivity index (χ3n) is 9.01. The van der Waals surface area contributed by atoms with Gasteiger partial charge in [-0.3, -0.25) is 4.79 Å². The third-order valence-corrected chi connectivity index (χ3v) is 9.01. The Bertz CT molecular complexity index is 1450. The predicted octanol–water partition coefficient (Wildman–Crippen LogP) is 5.29. The number of benzene rings is 1. The van der Waals surface area contributed by atoms with E-state index in [0.717, 1.165) is 0 Å². The van der Waals surface area contributed by atoms with Gasteiger partial charge in [-0.15, -0.1) is 0 Å². The van der Waals surface area contributed by atoms with Crippen molar-refractivity contribution >= 4 is 29.0 Å². The summed E-state index contributed by atoms with van der Waals surface area (Å²) >= 11 is 0. The predicted molar refractivity (Wildman–Crippen MR) is 159 cm³/mol. The van der Waals surface area contributed by atoms with Gasteiger partial charge in [0.15, 0.2) is 5.69 Å². The van der Waals surface area contributed by atoms with E-state index in [9.17, 15) is 19.5 Å². The van der Waals surface area contributed by atoms with Crippen molar-refractivity contribution in [3.05, 3.63) is 23.9 Å². The van der Waals surface area contributed by atoms with Gasteiger partial charge >= 0.3 is 12.1 Å². The molecule has 1 aromatic heterocycles. The molecule has 6 atom stereocenters. The second-order valence-corrected chi connectivity index (χ2v) is 13.4. The molecule has 3 aliphatic rings. The standard InChI is InChI=1S/C32H42F2N4O7/c1-6-9-19-23-16-38(24(19)29(40)41)28(39)26(31(2,3)4)37-30(42)45-22-14-17(22)10-7-8-13-32(33,34)25-27(44-23)36-21-15-18(43-5)11-12-20(21)35-25/h11-12,15,17,19,22-24,26H,6-10,13-14,16H2,1-5H3,(H,37,42)(H,40,41)/t17?,19-,22-,23+,24+,26-/m1/s1. The normalized spacial score (nSPS) is 28.9. The fourth-order valence-corrected chi connectivity index (χ4v) is 6.47. The molecular formula is C32H42F2N4O7. The lowest BCUT2D eigenvalue weighted by atomic mass is 9.85. The maximum atomic E-state index is 16.0. The fourth-order valence-electron chi connectivity index (χ4n) is 6.47. The zero-order valence-electron chi connectivity index (χ0n) is 26.3. The number of halogens is 2. The SMILES string of the molecule is CCC[C@@H]1[C@@H]2CN(C(=O)[C@H](C(C)(C)C)NC(=O)O[C@@H]3CC3CCCCC(F)(F)c3nc4ccc(OC)cc4nc3O2)[C@@H]1C(=O)O. The number of carbonyl (C=O) groups is 3. The van der Waals surface area contributed by atoms with Crippen molar-refractivity contribution < 1.29 is 42.5 Å². The van der Waals surface area contributed by atoms with Gasteiger partial charge in [0.05, 0.1) is 24.7 Å². The molecule has 3 heterocycles. The van der Waals surface area contributed by atoms with Crippen molar-refractivity contribution in [2.24, 2.45) is 17.3 Å². The molecule has 11 nitrogen and oxygen atoms in total. The van der Waals surface area contributed by atoms with Crippen LogP contribution in [0.5, 0.6) is 11.6 Å². The monoisotopic (exact) mass is 632 g/mol. The third kappa shape index (κ3) is 6.91. The Morgan fingerprint density at radius 3 is 2.58 bits per heavy atom. The maximum absolute atomic E-state index is 16.0. The Balaban J connectivity index is 1.60. The summed E-state index contributed by atoms with van der Waals surface area (Å²) in [5, 5.41) is 13.1. The van der Waals surface area contributed by atoms with Crippen molar-refractivity contribution in [1.82, 2.24) is 20.2 Å². The van der Waals surface area contributed by atoms with Crippen LogP contribution in [0.1, 0.15) is 78.3 Å². The van der Waals surface area contributed by atoms with Crippen LogP contribution in [0.25, 0.3) is 11.0 Å². The number of carbonyl (C=O) groups excluding carboxylic acids is 2. The average Bonchev–Trinajstić information content (AvgIpc) is 3.60. The Labute approximate surface area is 261 Å². The molecule has 2 N–H and O–H groups in total. The number of hydrogen-bond donors (Lipinski definition) is 2. The molecule has 0 spiro atoms. The van der Waals surface area contributed by atoms with Crippen molar-refractivity contribution in [2.45, 2.75) is 103 Å². The number of aliphatic carboxylic acids is 1. The van der Waals surface area contributed by atoms with Crippen LogP contribution in [0, 0.1) is 17.3 Å². The molecule has 1 unspecified atom stereocenters. The van der Waals surface area contributed by atoms with Gasteiger partial charge < -0.3 is 29.5 Å². The van der Waals surface area contributed by atoms with Gasteiger partial charge in [0.2, 0.25) is 11.8 Å². The van der Waals surface area contributed by atoms with E-state index in [0.29, 0.717) is 37.9 Å². The lowest BCUT2D eigenvalue weighted by molar-refractivity contribution is -0.151. The number of ether oxygens (including phenoxy) is 3. The Morgan fingerprint density at radius 2 is 1.91 bits per heavy atom. The quantitative estimate of drug-likeness (QED) is 0.460. The number of methoxy groups -OCH3 is 1. The van der Waals surface area contributed by atoms with Gasteiger partial charge in [-0.1, -0.05) is 40.5 Å². The summed E-state index contributed by atoms with van der Waals surface area (Å²) in [6.45, 7) is 6.94. The first-order chi connectivity index (χ1) is 21.2. The zero-order chi connectivity index (χ0) is 32.7. The first-order valence-corrected chi connectivity index (χ1v) is 15.6. The largest absolute Gasteiger partial charge is 0.497 e. The number of fused-ring (bicyclic) bond motifs is 5. The molecule has 246 valence electrons. The molecule has 1 saturated carbocycles. The van der Waals surface area contributed by atoms with Crippen LogP contribution in [0.3, 0.4) is 0 Å². The summed E-state index contributed by atoms with van der Waals surface area (Å²) in [4.78, 5) is 49.7. The lowest BCUT2D eigenvalue weighted by Gasteiger charge is -2.35. The summed E-state index contributed by atoms with van der Waals surface area (Å²) in [6, 6.07) is 2.29. The average molecular weight is 633 g/mol. The van der Waals surface area contributed by atoms with Crippen LogP contribution in [-0.2, 0) is 20.2 Å². The number of alkyl halides is 2. The highest BCUT2D eigenvalue weighted by Gasteiger charge is 2.52. The fraction of sp³-hybridized carbons (Fsp3) is 0.656. The number of nitrogens with zero attached hydrogens (tertiary/aromatic N) is 3. The van der Waals surface area contributed by atoms with E-state index in [2.05, 4.69) is 15.3 Å². The highest BCUT2D eigenvalue weighted by Crippen LogP contribution is 2.43. The van der Waals surface area contributed by atoms with Gasteiger partial charge in [0.1, 0.15) is 30.0 Å². The molecule has 13 heteroatoms. The van der Waals surface area contributed by atoms with Gasteiger partial charge in [0.25, 0.3) is 5.92 Å². The minimum Gasteiger partial charge on any atom is -0.497 e. The van der Waals surface area contributed by atoms with E-state index in [4.69, 9.17) is 14.2 Å². The molecular weight excluding hydrogens is 590 g/mol. The summed E-state index contributed by atoms with van der Waals surface area (Å²) < 4.78 is 49.0. The molecule has 2 fully saturated rings. The summed E-state index contributed by atoms with van der Waals surface area (Å²) in [6.07, 6.45) is 0.189. The molecule has 45 heavy (non-hydrogen) atoms. The summed E-state index contributed by atoms with van der Waals surface area (Å²) in [7, 11) is 1.47. The number of nitrogens with one attached hydrogen (secondary N) is 1. The Kier molecular flexibility index (Phi) is 9.10. The minimum absolute atomic E-state index is 0.0481. The van der Waals surface area contributed by atoms with E-state index >= 15 is 8.78 Å². The van der Waals surface area contributed by atoms with E-state index < -0.39 is 71.4 Å². The molecule has 1 aliphatic carbocycles. The zero-order valence-corrected chi connectivity index (χ0v) is 26.3. The van der Waals surface area contributed by atoms with Crippen LogP contribution in [0.4, 0.5) is 13.6 Å². The van der Waals surface area contributed by atoms with Gasteiger partial charge in [-0.05, 0) is 49.1 Å². The first kappa shape index (κ1) is 32.6. The molecule has 5 rings (SSSR count). The van der Waals surface area contributed by atoms with Crippen molar-refractivity contribution in [2.75, 3.05) is 13.7 Å². The van der Waals surface area contributed by atoms with Gasteiger partial charge in [-0.2, -0.15) is 8.78 Å². The first-order valence-electron chi connectivity index (χ1n) is 15.6. The molecule has 1 aromatic carbocycles. The molecule has 2 aliphatic heterocycles. The number of amides is 2. The van der Waals surface area contributed by atoms with Crippen LogP contribution in [-0.4, -0.2) is 75.9 Å². The number of aromatic nitrogens is 2. The van der Waals surface area contributed by atoms with Crippen molar-refractivity contribution in [3.63, 3.8) is 0 Å². The molecule has 2 bridgehead atoms. The number of hydrogen-bond acceptors (Lipinski definition) is 8. The highest BCUT2D eigenvalue weighted by molar-refractivity contribution is 5.90. The molecule has 1 saturated heterocycles. The maximum Gasteiger partial charge on any atom is 0.408 e. The lowest BCUT2D eigenvalue weighted by Crippen LogP contribution is -2.57. The van der Waals surface area contributed by atoms with Crippen LogP contribution < -0.4 is 14.8 Å². The van der Waals surface area contributed by atoms with E-state index in [1.165, 1.54) is 12.0 Å². The van der Waals surface area contributed by atoms with Crippen LogP contribution >= 0.6 is 0 Å². The highest BCUT2D eigenvalue weighted by atomic mass is 19.3. The number of rotatable bonds is 4. The Hall–Kier alpha value is -3.77. The van der Waals surface area contributed by atoms with E-state index in [1.54, 1.807) is 39.0 Å². The summed E-state index contributed by atoms with van der Waals surface area (Å²) in [5.74, 6) is -5.92.